The number of benzene rings is 2. The third-order valence-electron chi connectivity index (χ3n) is 3.28. The molecule has 0 saturated carbocycles. The minimum atomic E-state index is -3.97. The first kappa shape index (κ1) is 13.7. The standard InChI is InChI=1S/C14H11NO5S/c1-2-21(18,19)20-15-13(16)10-7-3-5-9-6-4-8-11(12(9)10)14(15)17/h3-8H,2H2,1H3. The molecule has 1 aliphatic rings. The molecule has 108 valence electrons. The van der Waals surface area contributed by atoms with Gasteiger partial charge in [0, 0.05) is 5.39 Å². The lowest BCUT2D eigenvalue weighted by Gasteiger charge is -2.24. The third-order valence-corrected chi connectivity index (χ3v) is 4.36. The first-order valence-electron chi connectivity index (χ1n) is 6.27. The molecular weight excluding hydrogens is 294 g/mol. The summed E-state index contributed by atoms with van der Waals surface area (Å²) in [5.74, 6) is -1.89. The van der Waals surface area contributed by atoms with Crippen molar-refractivity contribution in [1.29, 1.82) is 0 Å². The molecule has 7 heteroatoms. The number of hydroxylamine groups is 2. The lowest BCUT2D eigenvalue weighted by Crippen LogP contribution is -2.42. The SMILES string of the molecule is CCS(=O)(=O)ON1C(=O)c2cccc3cccc(c23)C1=O. The van der Waals surface area contributed by atoms with Gasteiger partial charge < -0.3 is 0 Å². The van der Waals surface area contributed by atoms with Crippen LogP contribution in [0, 0.1) is 0 Å². The van der Waals surface area contributed by atoms with E-state index in [1.54, 1.807) is 24.3 Å². The molecule has 0 fully saturated rings. The number of hydrogen-bond acceptors (Lipinski definition) is 5. The number of amides is 2. The van der Waals surface area contributed by atoms with Crippen LogP contribution in [0.5, 0.6) is 0 Å². The van der Waals surface area contributed by atoms with Crippen LogP contribution < -0.4 is 0 Å². The number of rotatable bonds is 3. The van der Waals surface area contributed by atoms with Crippen molar-refractivity contribution >= 4 is 32.7 Å². The minimum absolute atomic E-state index is 0.244. The van der Waals surface area contributed by atoms with Gasteiger partial charge >= 0.3 is 0 Å². The van der Waals surface area contributed by atoms with E-state index < -0.39 is 21.9 Å². The number of nitrogens with zero attached hydrogens (tertiary/aromatic N) is 1. The Kier molecular flexibility index (Phi) is 3.03. The maximum absolute atomic E-state index is 12.3. The summed E-state index contributed by atoms with van der Waals surface area (Å²) in [6.07, 6.45) is 0. The van der Waals surface area contributed by atoms with Crippen molar-refractivity contribution in [3.63, 3.8) is 0 Å². The highest BCUT2D eigenvalue weighted by Gasteiger charge is 2.36. The van der Waals surface area contributed by atoms with Crippen molar-refractivity contribution in [1.82, 2.24) is 5.06 Å². The molecule has 6 nitrogen and oxygen atoms in total. The molecule has 0 spiro atoms. The molecule has 2 amide bonds. The second kappa shape index (κ2) is 4.64. The van der Waals surface area contributed by atoms with Crippen LogP contribution in [0.4, 0.5) is 0 Å². The smallest absolute Gasteiger partial charge is 0.266 e. The molecule has 2 aromatic rings. The van der Waals surface area contributed by atoms with Gasteiger partial charge in [0.05, 0.1) is 16.9 Å². The minimum Gasteiger partial charge on any atom is -0.266 e. The Labute approximate surface area is 121 Å². The topological polar surface area (TPSA) is 80.8 Å². The van der Waals surface area contributed by atoms with Crippen LogP contribution in [0.15, 0.2) is 36.4 Å². The average Bonchev–Trinajstić information content (AvgIpc) is 2.49. The summed E-state index contributed by atoms with van der Waals surface area (Å²) in [7, 11) is -3.97. The van der Waals surface area contributed by atoms with Crippen LogP contribution >= 0.6 is 0 Å². The molecule has 0 saturated heterocycles. The van der Waals surface area contributed by atoms with E-state index in [9.17, 15) is 18.0 Å². The highest BCUT2D eigenvalue weighted by molar-refractivity contribution is 7.86. The molecule has 1 aliphatic heterocycles. The molecule has 21 heavy (non-hydrogen) atoms. The lowest BCUT2D eigenvalue weighted by molar-refractivity contribution is -0.0153. The van der Waals surface area contributed by atoms with Gasteiger partial charge in [-0.05, 0) is 24.4 Å². The van der Waals surface area contributed by atoms with E-state index in [4.69, 9.17) is 0 Å². The van der Waals surface area contributed by atoms with Crippen LogP contribution in [-0.4, -0.2) is 31.0 Å². The van der Waals surface area contributed by atoms with E-state index in [2.05, 4.69) is 4.28 Å². The van der Waals surface area contributed by atoms with Crippen LogP contribution in [0.25, 0.3) is 10.8 Å². The maximum atomic E-state index is 12.3. The van der Waals surface area contributed by atoms with Crippen LogP contribution in [0.3, 0.4) is 0 Å². The molecule has 0 atom stereocenters. The predicted octanol–water partition coefficient (Wildman–Crippen LogP) is 1.72. The summed E-state index contributed by atoms with van der Waals surface area (Å²) in [5.41, 5.74) is 0.489. The Hall–Kier alpha value is -2.25. The predicted molar refractivity (Wildman–Crippen MR) is 75.0 cm³/mol. The van der Waals surface area contributed by atoms with Crippen molar-refractivity contribution in [3.05, 3.63) is 47.5 Å². The van der Waals surface area contributed by atoms with Gasteiger partial charge in [-0.3, -0.25) is 9.59 Å². The van der Waals surface area contributed by atoms with Gasteiger partial charge in [-0.15, -0.1) is 9.35 Å². The highest BCUT2D eigenvalue weighted by atomic mass is 32.2. The zero-order chi connectivity index (χ0) is 15.2. The maximum Gasteiger partial charge on any atom is 0.288 e. The fourth-order valence-electron chi connectivity index (χ4n) is 2.24. The van der Waals surface area contributed by atoms with Crippen molar-refractivity contribution < 1.29 is 22.3 Å². The fraction of sp³-hybridized carbons (Fsp3) is 0.143. The Morgan fingerprint density at radius 2 is 1.52 bits per heavy atom. The molecule has 0 aliphatic carbocycles. The van der Waals surface area contributed by atoms with Crippen molar-refractivity contribution in [2.24, 2.45) is 0 Å². The van der Waals surface area contributed by atoms with Crippen molar-refractivity contribution in [2.75, 3.05) is 5.75 Å². The van der Waals surface area contributed by atoms with Crippen LogP contribution in [-0.2, 0) is 14.4 Å². The Morgan fingerprint density at radius 3 is 2.00 bits per heavy atom. The van der Waals surface area contributed by atoms with Gasteiger partial charge in [0.25, 0.3) is 21.9 Å². The summed E-state index contributed by atoms with van der Waals surface area (Å²) in [5, 5.41) is 1.57. The van der Waals surface area contributed by atoms with Crippen molar-refractivity contribution in [2.45, 2.75) is 6.92 Å². The van der Waals surface area contributed by atoms with Gasteiger partial charge in [-0.2, -0.15) is 8.42 Å². The Morgan fingerprint density at radius 1 is 1.00 bits per heavy atom. The van der Waals surface area contributed by atoms with Gasteiger partial charge in [0.2, 0.25) is 0 Å². The normalized spacial score (nSPS) is 14.8. The molecule has 0 radical (unpaired) electrons. The van der Waals surface area contributed by atoms with Crippen molar-refractivity contribution in [3.8, 4) is 0 Å². The first-order chi connectivity index (χ1) is 9.94. The van der Waals surface area contributed by atoms with E-state index in [-0.39, 0.29) is 16.9 Å². The zero-order valence-electron chi connectivity index (χ0n) is 11.1. The van der Waals surface area contributed by atoms with Gasteiger partial charge in [-0.1, -0.05) is 24.3 Å². The summed E-state index contributed by atoms with van der Waals surface area (Å²) in [4.78, 5) is 24.6. The lowest BCUT2D eigenvalue weighted by atomic mass is 9.95. The first-order valence-corrected chi connectivity index (χ1v) is 7.85. The number of carbonyl (C=O) groups is 2. The largest absolute Gasteiger partial charge is 0.288 e. The second-order valence-electron chi connectivity index (χ2n) is 4.53. The Balaban J connectivity index is 2.20. The van der Waals surface area contributed by atoms with Gasteiger partial charge in [0.15, 0.2) is 0 Å². The molecule has 0 N–H and O–H groups in total. The fourth-order valence-corrected chi connectivity index (χ4v) is 2.71. The molecule has 0 unspecified atom stereocenters. The van der Waals surface area contributed by atoms with Crippen LogP contribution in [0.2, 0.25) is 0 Å². The number of imide groups is 1. The average molecular weight is 305 g/mol. The summed E-state index contributed by atoms with van der Waals surface area (Å²) >= 11 is 0. The zero-order valence-corrected chi connectivity index (χ0v) is 11.9. The monoisotopic (exact) mass is 305 g/mol. The van der Waals surface area contributed by atoms with Gasteiger partial charge in [0.1, 0.15) is 0 Å². The molecule has 0 bridgehead atoms. The summed E-state index contributed by atoms with van der Waals surface area (Å²) in [6, 6.07) is 9.97. The van der Waals surface area contributed by atoms with E-state index >= 15 is 0 Å². The van der Waals surface area contributed by atoms with Crippen LogP contribution in [0.1, 0.15) is 27.6 Å². The van der Waals surface area contributed by atoms with Gasteiger partial charge in [-0.25, -0.2) is 0 Å². The molecule has 1 heterocycles. The quantitative estimate of drug-likeness (QED) is 0.806. The number of hydrogen-bond donors (Lipinski definition) is 0. The second-order valence-corrected chi connectivity index (χ2v) is 6.38. The summed E-state index contributed by atoms with van der Waals surface area (Å²) < 4.78 is 27.7. The van der Waals surface area contributed by atoms with E-state index in [0.29, 0.717) is 10.4 Å². The Bertz CT molecular complexity index is 821. The molecular formula is C14H11NO5S. The summed E-state index contributed by atoms with van der Waals surface area (Å²) in [6.45, 7) is 1.36. The molecule has 3 rings (SSSR count). The third kappa shape index (κ3) is 2.10. The van der Waals surface area contributed by atoms with E-state index in [1.807, 2.05) is 0 Å². The van der Waals surface area contributed by atoms with E-state index in [0.717, 1.165) is 5.39 Å². The molecule has 0 aromatic heterocycles. The molecule has 2 aromatic carbocycles. The highest BCUT2D eigenvalue weighted by Crippen LogP contribution is 2.30. The van der Waals surface area contributed by atoms with E-state index in [1.165, 1.54) is 19.1 Å². The number of carbonyl (C=O) groups excluding carboxylic acids is 2.